The van der Waals surface area contributed by atoms with Crippen LogP contribution in [-0.4, -0.2) is 34.1 Å². The number of nitrogens with one attached hydrogen (secondary N) is 1. The fraction of sp³-hybridized carbons (Fsp3) is 0.259. The number of aliphatic hydroxyl groups is 1. The molecule has 0 bridgehead atoms. The lowest BCUT2D eigenvalue weighted by atomic mass is 10.1. The standard InChI is InChI=1S/C27H25ClF3N3O3S/c1-14-22(13-33(2)12-21(35)16-8-19(29)23(31)20(30)9-16)38-26-24(14)34(3)11-18(25(26)36)27(37)32-10-15-4-6-17(28)7-5-15/h4-9,11,21,35H,10,12-13H2,1-3H3,(H,32,37). The number of fused-ring (bicyclic) bond motifs is 1. The van der Waals surface area contributed by atoms with Crippen LogP contribution in [0, 0.1) is 24.4 Å². The van der Waals surface area contributed by atoms with Crippen LogP contribution in [0.1, 0.15) is 38.0 Å². The third-order valence-electron chi connectivity index (χ3n) is 6.24. The molecule has 0 spiro atoms. The molecule has 2 N–H and O–H groups in total. The van der Waals surface area contributed by atoms with E-state index < -0.39 is 29.5 Å². The van der Waals surface area contributed by atoms with Gasteiger partial charge in [0.25, 0.3) is 5.91 Å². The molecule has 38 heavy (non-hydrogen) atoms. The van der Waals surface area contributed by atoms with Crippen molar-refractivity contribution in [2.24, 2.45) is 7.05 Å². The summed E-state index contributed by atoms with van der Waals surface area (Å²) in [4.78, 5) is 28.6. The summed E-state index contributed by atoms with van der Waals surface area (Å²) in [6.07, 6.45) is 0.248. The average Bonchev–Trinajstić information content (AvgIpc) is 3.20. The van der Waals surface area contributed by atoms with Gasteiger partial charge in [-0.25, -0.2) is 13.2 Å². The van der Waals surface area contributed by atoms with Crippen molar-refractivity contribution in [2.45, 2.75) is 26.1 Å². The zero-order valence-electron chi connectivity index (χ0n) is 20.8. The van der Waals surface area contributed by atoms with Gasteiger partial charge in [0, 0.05) is 42.8 Å². The van der Waals surface area contributed by atoms with Crippen molar-refractivity contribution in [2.75, 3.05) is 13.6 Å². The number of halogens is 4. The van der Waals surface area contributed by atoms with E-state index in [-0.39, 0.29) is 29.6 Å². The lowest BCUT2D eigenvalue weighted by molar-refractivity contribution is 0.0949. The molecule has 11 heteroatoms. The molecule has 0 radical (unpaired) electrons. The molecule has 1 unspecified atom stereocenters. The van der Waals surface area contributed by atoms with Crippen LogP contribution in [-0.2, 0) is 20.1 Å². The molecule has 0 saturated heterocycles. The third kappa shape index (κ3) is 5.78. The normalized spacial score (nSPS) is 12.3. The van der Waals surface area contributed by atoms with Gasteiger partial charge in [0.2, 0.25) is 5.43 Å². The van der Waals surface area contributed by atoms with Crippen LogP contribution in [0.3, 0.4) is 0 Å². The van der Waals surface area contributed by atoms with Gasteiger partial charge in [-0.3, -0.25) is 14.5 Å². The number of rotatable bonds is 8. The number of aryl methyl sites for hydroxylation is 2. The fourth-order valence-corrected chi connectivity index (χ4v) is 5.74. The SMILES string of the molecule is Cc1c(CN(C)CC(O)c2cc(F)c(F)c(F)c2)sc2c(=O)c(C(=O)NCc3ccc(Cl)cc3)cn(C)c12. The van der Waals surface area contributed by atoms with Gasteiger partial charge in [-0.1, -0.05) is 23.7 Å². The van der Waals surface area contributed by atoms with Crippen LogP contribution >= 0.6 is 22.9 Å². The van der Waals surface area contributed by atoms with Crippen molar-refractivity contribution in [1.29, 1.82) is 0 Å². The molecule has 4 rings (SSSR count). The van der Waals surface area contributed by atoms with Crippen LogP contribution in [0.5, 0.6) is 0 Å². The Kier molecular flexibility index (Phi) is 8.27. The molecule has 2 aromatic carbocycles. The number of aromatic nitrogens is 1. The number of carbonyl (C=O) groups excluding carboxylic acids is 1. The summed E-state index contributed by atoms with van der Waals surface area (Å²) in [6, 6.07) is 8.55. The van der Waals surface area contributed by atoms with Gasteiger partial charge in [0.15, 0.2) is 17.5 Å². The molecule has 0 aliphatic carbocycles. The van der Waals surface area contributed by atoms with Gasteiger partial charge in [0.1, 0.15) is 5.56 Å². The Balaban J connectivity index is 1.52. The summed E-state index contributed by atoms with van der Waals surface area (Å²) in [6.45, 7) is 2.43. The van der Waals surface area contributed by atoms with Crippen LogP contribution < -0.4 is 10.7 Å². The van der Waals surface area contributed by atoms with Gasteiger partial charge >= 0.3 is 0 Å². The Morgan fingerprint density at radius 2 is 1.82 bits per heavy atom. The Labute approximate surface area is 225 Å². The molecule has 200 valence electrons. The largest absolute Gasteiger partial charge is 0.387 e. The van der Waals surface area contributed by atoms with Crippen LogP contribution in [0.15, 0.2) is 47.4 Å². The van der Waals surface area contributed by atoms with Crippen molar-refractivity contribution in [3.63, 3.8) is 0 Å². The zero-order chi connectivity index (χ0) is 27.7. The number of thiophene rings is 1. The smallest absolute Gasteiger partial charge is 0.257 e. The molecular formula is C27H25ClF3N3O3S. The second-order valence-electron chi connectivity index (χ2n) is 9.13. The van der Waals surface area contributed by atoms with E-state index >= 15 is 0 Å². The third-order valence-corrected chi connectivity index (χ3v) is 7.76. The number of pyridine rings is 1. The Morgan fingerprint density at radius 1 is 1.18 bits per heavy atom. The lowest BCUT2D eigenvalue weighted by Gasteiger charge is -2.21. The molecule has 0 aliphatic heterocycles. The molecule has 0 fully saturated rings. The maximum absolute atomic E-state index is 13.6. The maximum Gasteiger partial charge on any atom is 0.257 e. The number of likely N-dealkylation sites (N-methyl/N-ethyl adjacent to an activating group) is 1. The molecule has 4 aromatic rings. The molecular weight excluding hydrogens is 539 g/mol. The van der Waals surface area contributed by atoms with Gasteiger partial charge in [-0.2, -0.15) is 0 Å². The number of hydrogen-bond acceptors (Lipinski definition) is 5. The monoisotopic (exact) mass is 563 g/mol. The minimum absolute atomic E-state index is 0.00685. The van der Waals surface area contributed by atoms with E-state index in [0.717, 1.165) is 28.1 Å². The Morgan fingerprint density at radius 3 is 2.45 bits per heavy atom. The van der Waals surface area contributed by atoms with E-state index in [0.29, 0.717) is 21.8 Å². The molecule has 2 heterocycles. The van der Waals surface area contributed by atoms with Crippen LogP contribution in [0.25, 0.3) is 10.2 Å². The van der Waals surface area contributed by atoms with E-state index in [1.165, 1.54) is 17.5 Å². The Bertz CT molecular complexity index is 1550. The summed E-state index contributed by atoms with van der Waals surface area (Å²) in [5.41, 5.74) is 1.94. The molecule has 2 aromatic heterocycles. The summed E-state index contributed by atoms with van der Waals surface area (Å²) in [7, 11) is 3.46. The first-order valence-electron chi connectivity index (χ1n) is 11.6. The van der Waals surface area contributed by atoms with Crippen molar-refractivity contribution in [3.8, 4) is 0 Å². The van der Waals surface area contributed by atoms with E-state index in [2.05, 4.69) is 5.32 Å². The number of nitrogens with zero attached hydrogens (tertiary/aromatic N) is 2. The van der Waals surface area contributed by atoms with Gasteiger partial charge < -0.3 is 15.0 Å². The average molecular weight is 564 g/mol. The van der Waals surface area contributed by atoms with E-state index in [4.69, 9.17) is 11.6 Å². The number of aliphatic hydroxyl groups excluding tert-OH is 1. The highest BCUT2D eigenvalue weighted by molar-refractivity contribution is 7.19. The topological polar surface area (TPSA) is 74.6 Å². The zero-order valence-corrected chi connectivity index (χ0v) is 22.4. The van der Waals surface area contributed by atoms with Crippen molar-refractivity contribution in [1.82, 2.24) is 14.8 Å². The maximum atomic E-state index is 13.6. The summed E-state index contributed by atoms with van der Waals surface area (Å²) in [5.74, 6) is -4.82. The van der Waals surface area contributed by atoms with Gasteiger partial charge in [-0.05, 0) is 54.9 Å². The fourth-order valence-electron chi connectivity index (χ4n) is 4.24. The lowest BCUT2D eigenvalue weighted by Crippen LogP contribution is -2.29. The first kappa shape index (κ1) is 27.8. The van der Waals surface area contributed by atoms with E-state index in [1.807, 2.05) is 6.92 Å². The quantitative estimate of drug-likeness (QED) is 0.293. The Hall–Kier alpha value is -3.18. The summed E-state index contributed by atoms with van der Waals surface area (Å²) < 4.78 is 42.5. The molecule has 0 aliphatic rings. The van der Waals surface area contributed by atoms with Gasteiger partial charge in [0.05, 0.1) is 16.3 Å². The van der Waals surface area contributed by atoms with Crippen LogP contribution in [0.4, 0.5) is 13.2 Å². The summed E-state index contributed by atoms with van der Waals surface area (Å²) in [5, 5.41) is 13.8. The first-order valence-corrected chi connectivity index (χ1v) is 12.8. The number of carbonyl (C=O) groups is 1. The highest BCUT2D eigenvalue weighted by atomic mass is 35.5. The first-order chi connectivity index (χ1) is 18.0. The number of hydrogen-bond donors (Lipinski definition) is 2. The number of amides is 1. The summed E-state index contributed by atoms with van der Waals surface area (Å²) >= 11 is 7.14. The minimum atomic E-state index is -1.59. The second-order valence-corrected chi connectivity index (χ2v) is 10.7. The highest BCUT2D eigenvalue weighted by Gasteiger charge is 2.22. The van der Waals surface area contributed by atoms with E-state index in [1.54, 1.807) is 47.8 Å². The molecule has 0 saturated carbocycles. The molecule has 6 nitrogen and oxygen atoms in total. The molecule has 1 amide bonds. The molecule has 1 atom stereocenters. The second kappa shape index (κ2) is 11.3. The van der Waals surface area contributed by atoms with Gasteiger partial charge in [-0.15, -0.1) is 11.3 Å². The highest BCUT2D eigenvalue weighted by Crippen LogP contribution is 2.30. The predicted molar refractivity (Wildman–Crippen MR) is 142 cm³/mol. The van der Waals surface area contributed by atoms with E-state index in [9.17, 15) is 27.9 Å². The van der Waals surface area contributed by atoms with Crippen molar-refractivity contribution >= 4 is 39.1 Å². The minimum Gasteiger partial charge on any atom is -0.387 e. The van der Waals surface area contributed by atoms with Crippen molar-refractivity contribution < 1.29 is 23.1 Å². The van der Waals surface area contributed by atoms with Crippen LogP contribution in [0.2, 0.25) is 5.02 Å². The number of benzene rings is 2. The predicted octanol–water partition coefficient (Wildman–Crippen LogP) is 5.07. The van der Waals surface area contributed by atoms with Crippen molar-refractivity contribution in [3.05, 3.63) is 102 Å².